The number of nitrogens with one attached hydrogen (secondary N) is 2. The zero-order valence-electron chi connectivity index (χ0n) is 17.9. The monoisotopic (exact) mass is 532 g/mol. The predicted octanol–water partition coefficient (Wildman–Crippen LogP) is 3.48. The Balaban J connectivity index is 0.00000320. The van der Waals surface area contributed by atoms with E-state index in [9.17, 15) is 9.18 Å². The fraction of sp³-hybridized carbons (Fsp3) is 0.636. The van der Waals surface area contributed by atoms with E-state index >= 15 is 0 Å². The molecule has 0 bridgehead atoms. The number of morpholine rings is 1. The molecule has 30 heavy (non-hydrogen) atoms. The number of benzene rings is 1. The summed E-state index contributed by atoms with van der Waals surface area (Å²) in [5.41, 5.74) is 0.970. The van der Waals surface area contributed by atoms with Gasteiger partial charge < -0.3 is 20.3 Å². The minimum absolute atomic E-state index is 0. The van der Waals surface area contributed by atoms with Crippen molar-refractivity contribution in [3.05, 3.63) is 35.6 Å². The van der Waals surface area contributed by atoms with Crippen LogP contribution in [0.1, 0.15) is 51.2 Å². The van der Waals surface area contributed by atoms with Gasteiger partial charge in [0.2, 0.25) is 5.91 Å². The maximum Gasteiger partial charge on any atom is 0.223 e. The number of aliphatic imine (C=N–C) groups is 1. The molecule has 1 amide bonds. The van der Waals surface area contributed by atoms with Gasteiger partial charge in [-0.1, -0.05) is 18.6 Å². The Labute approximate surface area is 196 Å². The predicted molar refractivity (Wildman–Crippen MR) is 128 cm³/mol. The molecule has 2 N–H and O–H groups in total. The Bertz CT molecular complexity index is 697. The van der Waals surface area contributed by atoms with Crippen LogP contribution in [0.25, 0.3) is 0 Å². The second-order valence-electron chi connectivity index (χ2n) is 7.90. The quantitative estimate of drug-likeness (QED) is 0.244. The van der Waals surface area contributed by atoms with Crippen LogP contribution in [-0.4, -0.2) is 55.6 Å². The van der Waals surface area contributed by atoms with Crippen molar-refractivity contribution in [3.8, 4) is 0 Å². The molecular weight excluding hydrogens is 498 g/mol. The van der Waals surface area contributed by atoms with Gasteiger partial charge in [0.1, 0.15) is 11.9 Å². The van der Waals surface area contributed by atoms with Crippen LogP contribution in [-0.2, 0) is 9.53 Å². The molecule has 3 rings (SSSR count). The summed E-state index contributed by atoms with van der Waals surface area (Å²) >= 11 is 0. The van der Waals surface area contributed by atoms with Crippen molar-refractivity contribution < 1.29 is 13.9 Å². The van der Waals surface area contributed by atoms with Crippen LogP contribution in [0, 0.1) is 11.7 Å². The highest BCUT2D eigenvalue weighted by Gasteiger charge is 2.28. The number of hydrogen-bond acceptors (Lipinski definition) is 3. The van der Waals surface area contributed by atoms with Crippen LogP contribution in [0.15, 0.2) is 29.3 Å². The molecule has 2 unspecified atom stereocenters. The van der Waals surface area contributed by atoms with Crippen molar-refractivity contribution in [3.63, 3.8) is 0 Å². The highest BCUT2D eigenvalue weighted by Crippen LogP contribution is 2.26. The van der Waals surface area contributed by atoms with E-state index in [2.05, 4.69) is 22.5 Å². The lowest BCUT2D eigenvalue weighted by Gasteiger charge is -2.38. The fourth-order valence-corrected chi connectivity index (χ4v) is 3.70. The molecule has 2 fully saturated rings. The lowest BCUT2D eigenvalue weighted by atomic mass is 9.85. The Kier molecular flexibility index (Phi) is 10.3. The van der Waals surface area contributed by atoms with Gasteiger partial charge in [0.15, 0.2) is 5.96 Å². The number of carbonyl (C=O) groups excluding carboxylic acids is 1. The van der Waals surface area contributed by atoms with Crippen molar-refractivity contribution in [2.75, 3.05) is 32.7 Å². The van der Waals surface area contributed by atoms with Gasteiger partial charge in [0.25, 0.3) is 0 Å². The summed E-state index contributed by atoms with van der Waals surface area (Å²) in [6.45, 7) is 7.61. The second kappa shape index (κ2) is 12.4. The van der Waals surface area contributed by atoms with E-state index in [4.69, 9.17) is 9.73 Å². The Hall–Kier alpha value is -1.42. The van der Waals surface area contributed by atoms with Crippen LogP contribution in [0.5, 0.6) is 0 Å². The normalized spacial score (nSPS) is 22.1. The van der Waals surface area contributed by atoms with Crippen molar-refractivity contribution in [1.82, 2.24) is 15.5 Å². The van der Waals surface area contributed by atoms with E-state index in [1.165, 1.54) is 18.6 Å². The molecule has 1 aliphatic heterocycles. The Morgan fingerprint density at radius 2 is 1.97 bits per heavy atom. The summed E-state index contributed by atoms with van der Waals surface area (Å²) in [6, 6.07) is 6.51. The molecule has 6 nitrogen and oxygen atoms in total. The van der Waals surface area contributed by atoms with Gasteiger partial charge in [-0.05, 0) is 50.8 Å². The first-order valence-corrected chi connectivity index (χ1v) is 10.8. The zero-order chi connectivity index (χ0) is 20.6. The first-order valence-electron chi connectivity index (χ1n) is 10.8. The molecule has 0 aromatic heterocycles. The third-order valence-corrected chi connectivity index (χ3v) is 5.51. The molecule has 1 heterocycles. The number of guanidine groups is 1. The molecule has 168 valence electrons. The second-order valence-corrected chi connectivity index (χ2v) is 7.90. The number of hydrogen-bond donors (Lipinski definition) is 2. The van der Waals surface area contributed by atoms with E-state index in [0.717, 1.165) is 43.9 Å². The molecule has 1 aromatic carbocycles. The molecule has 1 saturated carbocycles. The first kappa shape index (κ1) is 24.8. The van der Waals surface area contributed by atoms with Gasteiger partial charge in [-0.15, -0.1) is 24.0 Å². The zero-order valence-corrected chi connectivity index (χ0v) is 20.2. The summed E-state index contributed by atoms with van der Waals surface area (Å²) in [7, 11) is 0. The standard InChI is InChI=1S/C22H33FN4O2.HI/c1-3-24-22(26-13-5-12-25-21(28)18-6-4-7-18)27-14-16(2)29-20(15-27)17-8-10-19(23)11-9-17;/h8-11,16,18,20H,3-7,12-15H2,1-2H3,(H,24,26)(H,25,28);1H. The fourth-order valence-electron chi connectivity index (χ4n) is 3.70. The van der Waals surface area contributed by atoms with Gasteiger partial charge in [-0.2, -0.15) is 0 Å². The van der Waals surface area contributed by atoms with E-state index in [1.807, 2.05) is 6.92 Å². The number of nitrogens with zero attached hydrogens (tertiary/aromatic N) is 2. The highest BCUT2D eigenvalue weighted by atomic mass is 127. The maximum absolute atomic E-state index is 13.2. The molecular formula is C22H34FIN4O2. The van der Waals surface area contributed by atoms with Crippen LogP contribution in [0.2, 0.25) is 0 Å². The molecule has 2 atom stereocenters. The SMILES string of the molecule is CCNC(=NCCCNC(=O)C1CCC1)N1CC(C)OC(c2ccc(F)cc2)C1.I. The average molecular weight is 532 g/mol. The van der Waals surface area contributed by atoms with E-state index in [-0.39, 0.29) is 53.8 Å². The molecule has 1 aromatic rings. The Morgan fingerprint density at radius 3 is 2.60 bits per heavy atom. The first-order chi connectivity index (χ1) is 14.1. The third kappa shape index (κ3) is 7.08. The molecule has 1 aliphatic carbocycles. The molecule has 1 saturated heterocycles. The third-order valence-electron chi connectivity index (χ3n) is 5.51. The van der Waals surface area contributed by atoms with Crippen LogP contribution in [0.4, 0.5) is 4.39 Å². The van der Waals surface area contributed by atoms with Gasteiger partial charge >= 0.3 is 0 Å². The van der Waals surface area contributed by atoms with Gasteiger partial charge in [0, 0.05) is 32.1 Å². The molecule has 2 aliphatic rings. The van der Waals surface area contributed by atoms with E-state index in [0.29, 0.717) is 19.6 Å². The summed E-state index contributed by atoms with van der Waals surface area (Å²) in [6.07, 6.45) is 3.96. The largest absolute Gasteiger partial charge is 0.367 e. The highest BCUT2D eigenvalue weighted by molar-refractivity contribution is 14.0. The number of halogens is 2. The number of rotatable bonds is 7. The minimum Gasteiger partial charge on any atom is -0.367 e. The smallest absolute Gasteiger partial charge is 0.223 e. The van der Waals surface area contributed by atoms with Crippen LogP contribution >= 0.6 is 24.0 Å². The molecule has 0 spiro atoms. The topological polar surface area (TPSA) is 66.0 Å². The Morgan fingerprint density at radius 1 is 1.23 bits per heavy atom. The van der Waals surface area contributed by atoms with Crippen LogP contribution in [0.3, 0.4) is 0 Å². The van der Waals surface area contributed by atoms with Crippen molar-refractivity contribution in [2.45, 2.75) is 51.7 Å². The van der Waals surface area contributed by atoms with Gasteiger partial charge in [0.05, 0.1) is 12.6 Å². The van der Waals surface area contributed by atoms with E-state index in [1.54, 1.807) is 12.1 Å². The van der Waals surface area contributed by atoms with Crippen molar-refractivity contribution >= 4 is 35.8 Å². The van der Waals surface area contributed by atoms with Crippen LogP contribution < -0.4 is 10.6 Å². The van der Waals surface area contributed by atoms with E-state index < -0.39 is 0 Å². The van der Waals surface area contributed by atoms with Gasteiger partial charge in [-0.25, -0.2) is 4.39 Å². The lowest BCUT2D eigenvalue weighted by Crippen LogP contribution is -2.50. The minimum atomic E-state index is -0.242. The summed E-state index contributed by atoms with van der Waals surface area (Å²) in [4.78, 5) is 18.9. The van der Waals surface area contributed by atoms with Gasteiger partial charge in [-0.3, -0.25) is 9.79 Å². The summed E-state index contributed by atoms with van der Waals surface area (Å²) in [5, 5.41) is 6.38. The molecule has 8 heteroatoms. The summed E-state index contributed by atoms with van der Waals surface area (Å²) in [5.74, 6) is 1.04. The lowest BCUT2D eigenvalue weighted by molar-refractivity contribution is -0.127. The summed E-state index contributed by atoms with van der Waals surface area (Å²) < 4.78 is 19.3. The molecule has 0 radical (unpaired) electrons. The van der Waals surface area contributed by atoms with Crippen molar-refractivity contribution in [2.24, 2.45) is 10.9 Å². The van der Waals surface area contributed by atoms with Crippen molar-refractivity contribution in [1.29, 1.82) is 0 Å². The number of ether oxygens (including phenoxy) is 1. The number of carbonyl (C=O) groups is 1. The average Bonchev–Trinajstić information content (AvgIpc) is 2.65. The number of amides is 1. The maximum atomic E-state index is 13.2.